The van der Waals surface area contributed by atoms with Crippen molar-refractivity contribution in [3.63, 3.8) is 0 Å². The maximum atomic E-state index is 13.0. The molecule has 0 radical (unpaired) electrons. The summed E-state index contributed by atoms with van der Waals surface area (Å²) in [6.45, 7) is 0.964. The Kier molecular flexibility index (Phi) is 5.61. The van der Waals surface area contributed by atoms with Crippen LogP contribution in [0.4, 0.5) is 5.69 Å². The van der Waals surface area contributed by atoms with Crippen molar-refractivity contribution in [1.82, 2.24) is 4.90 Å². The second-order valence-electron chi connectivity index (χ2n) is 7.73. The van der Waals surface area contributed by atoms with E-state index in [4.69, 9.17) is 4.74 Å². The largest absolute Gasteiger partial charge is 0.497 e. The molecule has 2 atom stereocenters. The number of amides is 1. The van der Waals surface area contributed by atoms with Crippen molar-refractivity contribution in [3.05, 3.63) is 60.2 Å². The van der Waals surface area contributed by atoms with E-state index in [9.17, 15) is 13.2 Å². The standard InChI is InChI=1S/C22H26N2O4S/c1-28-19-11-9-18(10-12-19)24-21-16-29(26,27)15-20(21)23(14-22(24)25)13-5-8-17-6-3-2-4-7-17/h2-4,6-7,9-12,20-21H,5,8,13-16H2,1H3/t20-,21-/m0/s1. The van der Waals surface area contributed by atoms with E-state index in [1.807, 2.05) is 30.3 Å². The summed E-state index contributed by atoms with van der Waals surface area (Å²) in [5.41, 5.74) is 1.98. The molecule has 0 N–H and O–H groups in total. The van der Waals surface area contributed by atoms with Crippen molar-refractivity contribution in [3.8, 4) is 5.75 Å². The van der Waals surface area contributed by atoms with Crippen LogP contribution in [0.2, 0.25) is 0 Å². The number of ether oxygens (including phenoxy) is 1. The molecule has 2 saturated heterocycles. The number of nitrogens with zero attached hydrogens (tertiary/aromatic N) is 2. The van der Waals surface area contributed by atoms with E-state index >= 15 is 0 Å². The molecule has 2 aliphatic rings. The van der Waals surface area contributed by atoms with Crippen molar-refractivity contribution in [1.29, 1.82) is 0 Å². The van der Waals surface area contributed by atoms with Gasteiger partial charge in [-0.15, -0.1) is 0 Å². The summed E-state index contributed by atoms with van der Waals surface area (Å²) in [4.78, 5) is 16.8. The van der Waals surface area contributed by atoms with Crippen LogP contribution in [-0.2, 0) is 21.1 Å². The summed E-state index contributed by atoms with van der Waals surface area (Å²) in [7, 11) is -1.59. The van der Waals surface area contributed by atoms with Crippen LogP contribution in [0.1, 0.15) is 12.0 Å². The third-order valence-corrected chi connectivity index (χ3v) is 7.50. The topological polar surface area (TPSA) is 66.9 Å². The van der Waals surface area contributed by atoms with Gasteiger partial charge in [0, 0.05) is 11.7 Å². The molecule has 1 amide bonds. The fourth-order valence-electron chi connectivity index (χ4n) is 4.41. The summed E-state index contributed by atoms with van der Waals surface area (Å²) in [5.74, 6) is 0.790. The molecule has 0 aliphatic carbocycles. The van der Waals surface area contributed by atoms with E-state index in [0.717, 1.165) is 18.5 Å². The van der Waals surface area contributed by atoms with Crippen LogP contribution < -0.4 is 9.64 Å². The van der Waals surface area contributed by atoms with Crippen molar-refractivity contribution in [2.75, 3.05) is 36.6 Å². The lowest BCUT2D eigenvalue weighted by molar-refractivity contribution is -0.123. The summed E-state index contributed by atoms with van der Waals surface area (Å²) in [5, 5.41) is 0. The van der Waals surface area contributed by atoms with Gasteiger partial charge in [0.1, 0.15) is 5.75 Å². The molecule has 4 rings (SSSR count). The van der Waals surface area contributed by atoms with E-state index in [0.29, 0.717) is 12.3 Å². The van der Waals surface area contributed by atoms with Crippen LogP contribution in [0.5, 0.6) is 5.75 Å². The highest BCUT2D eigenvalue weighted by molar-refractivity contribution is 7.91. The van der Waals surface area contributed by atoms with Gasteiger partial charge in [-0.1, -0.05) is 30.3 Å². The lowest BCUT2D eigenvalue weighted by atomic mass is 10.0. The second kappa shape index (κ2) is 8.16. The smallest absolute Gasteiger partial charge is 0.241 e. The lowest BCUT2D eigenvalue weighted by Crippen LogP contribution is -2.62. The average molecular weight is 415 g/mol. The minimum atomic E-state index is -3.18. The highest BCUT2D eigenvalue weighted by Gasteiger charge is 2.49. The monoisotopic (exact) mass is 414 g/mol. The third-order valence-electron chi connectivity index (χ3n) is 5.81. The highest BCUT2D eigenvalue weighted by atomic mass is 32.2. The van der Waals surface area contributed by atoms with Crippen LogP contribution in [0.3, 0.4) is 0 Å². The normalized spacial score (nSPS) is 23.8. The number of aryl methyl sites for hydroxylation is 1. The number of carbonyl (C=O) groups is 1. The Hall–Kier alpha value is -2.38. The average Bonchev–Trinajstić information content (AvgIpc) is 3.04. The van der Waals surface area contributed by atoms with Gasteiger partial charge in [-0.05, 0) is 49.2 Å². The van der Waals surface area contributed by atoms with Gasteiger partial charge in [0.05, 0.1) is 31.2 Å². The molecule has 0 unspecified atom stereocenters. The Bertz CT molecular complexity index is 960. The third kappa shape index (κ3) is 4.31. The molecule has 2 aliphatic heterocycles. The first kappa shape index (κ1) is 19.9. The number of fused-ring (bicyclic) bond motifs is 1. The molecule has 2 fully saturated rings. The van der Waals surface area contributed by atoms with E-state index in [-0.39, 0.29) is 36.0 Å². The number of piperazine rings is 1. The molecule has 0 spiro atoms. The summed E-state index contributed by atoms with van der Waals surface area (Å²) in [6.07, 6.45) is 1.81. The molecule has 2 aromatic rings. The maximum absolute atomic E-state index is 13.0. The van der Waals surface area contributed by atoms with Crippen LogP contribution in [0.15, 0.2) is 54.6 Å². The number of hydrogen-bond acceptors (Lipinski definition) is 5. The highest BCUT2D eigenvalue weighted by Crippen LogP contribution is 2.32. The zero-order valence-electron chi connectivity index (χ0n) is 16.5. The maximum Gasteiger partial charge on any atom is 0.241 e. The van der Waals surface area contributed by atoms with E-state index < -0.39 is 9.84 Å². The van der Waals surface area contributed by atoms with Crippen LogP contribution >= 0.6 is 0 Å². The SMILES string of the molecule is COc1ccc(N2C(=O)CN(CCCc3ccccc3)[C@H]3CS(=O)(=O)C[C@@H]32)cc1. The van der Waals surface area contributed by atoms with Gasteiger partial charge in [-0.2, -0.15) is 0 Å². The molecule has 7 heteroatoms. The Morgan fingerprint density at radius 2 is 1.69 bits per heavy atom. The Morgan fingerprint density at radius 3 is 2.38 bits per heavy atom. The predicted octanol–water partition coefficient (Wildman–Crippen LogP) is 2.14. The van der Waals surface area contributed by atoms with Crippen molar-refractivity contribution in [2.45, 2.75) is 24.9 Å². The zero-order valence-corrected chi connectivity index (χ0v) is 17.3. The first-order valence-corrected chi connectivity index (χ1v) is 11.7. The summed E-state index contributed by atoms with van der Waals surface area (Å²) >= 11 is 0. The molecule has 6 nitrogen and oxygen atoms in total. The summed E-state index contributed by atoms with van der Waals surface area (Å²) < 4.78 is 30.1. The number of rotatable bonds is 6. The van der Waals surface area contributed by atoms with Gasteiger partial charge in [0.15, 0.2) is 9.84 Å². The first-order chi connectivity index (χ1) is 14.0. The molecule has 0 aromatic heterocycles. The number of carbonyl (C=O) groups excluding carboxylic acids is 1. The Balaban J connectivity index is 1.51. The fraction of sp³-hybridized carbons (Fsp3) is 0.409. The molecule has 0 bridgehead atoms. The van der Waals surface area contributed by atoms with Gasteiger partial charge in [-0.25, -0.2) is 8.42 Å². The fourth-order valence-corrected chi connectivity index (χ4v) is 6.39. The van der Waals surface area contributed by atoms with Gasteiger partial charge in [-0.3, -0.25) is 9.69 Å². The summed E-state index contributed by atoms with van der Waals surface area (Å²) in [6, 6.07) is 17.0. The van der Waals surface area contributed by atoms with Crippen LogP contribution in [-0.4, -0.2) is 63.0 Å². The number of methoxy groups -OCH3 is 1. The molecule has 2 heterocycles. The number of benzene rings is 2. The predicted molar refractivity (Wildman–Crippen MR) is 113 cm³/mol. The first-order valence-electron chi connectivity index (χ1n) is 9.91. The van der Waals surface area contributed by atoms with Crippen LogP contribution in [0.25, 0.3) is 0 Å². The van der Waals surface area contributed by atoms with Gasteiger partial charge in [0.2, 0.25) is 5.91 Å². The quantitative estimate of drug-likeness (QED) is 0.725. The molecular formula is C22H26N2O4S. The van der Waals surface area contributed by atoms with Gasteiger partial charge < -0.3 is 9.64 Å². The molecule has 154 valence electrons. The molecule has 29 heavy (non-hydrogen) atoms. The van der Waals surface area contributed by atoms with E-state index in [1.165, 1.54) is 5.56 Å². The number of anilines is 1. The van der Waals surface area contributed by atoms with Crippen molar-refractivity contribution < 1.29 is 17.9 Å². The molecule has 2 aromatic carbocycles. The molecule has 0 saturated carbocycles. The second-order valence-corrected chi connectivity index (χ2v) is 9.89. The van der Waals surface area contributed by atoms with Crippen molar-refractivity contribution in [2.24, 2.45) is 0 Å². The van der Waals surface area contributed by atoms with Crippen LogP contribution in [0, 0.1) is 0 Å². The van der Waals surface area contributed by atoms with E-state index in [1.54, 1.807) is 24.1 Å². The minimum Gasteiger partial charge on any atom is -0.497 e. The van der Waals surface area contributed by atoms with Gasteiger partial charge in [0.25, 0.3) is 0 Å². The van der Waals surface area contributed by atoms with E-state index in [2.05, 4.69) is 17.0 Å². The van der Waals surface area contributed by atoms with Crippen molar-refractivity contribution >= 4 is 21.4 Å². The Labute approximate surface area is 172 Å². The number of hydrogen-bond donors (Lipinski definition) is 0. The number of sulfone groups is 1. The van der Waals surface area contributed by atoms with Gasteiger partial charge >= 0.3 is 0 Å². The zero-order chi connectivity index (χ0) is 20.4. The Morgan fingerprint density at radius 1 is 1.00 bits per heavy atom. The lowest BCUT2D eigenvalue weighted by Gasteiger charge is -2.43. The minimum absolute atomic E-state index is 0.0185. The molecular weight excluding hydrogens is 388 g/mol.